The second-order valence-electron chi connectivity index (χ2n) is 7.06. The molecule has 1 aliphatic heterocycles. The molecule has 1 saturated heterocycles. The van der Waals surface area contributed by atoms with Crippen molar-refractivity contribution in [2.45, 2.75) is 76.9 Å². The van der Waals surface area contributed by atoms with Gasteiger partial charge < -0.3 is 4.90 Å². The SMILES string of the molecule is CSC1CCCC1N1C(=O)C(CC(C)C)NC1C(C)C. The van der Waals surface area contributed by atoms with Crippen LogP contribution in [0.4, 0.5) is 0 Å². The number of hydrogen-bond acceptors (Lipinski definition) is 3. The molecule has 0 spiro atoms. The lowest BCUT2D eigenvalue weighted by Gasteiger charge is -2.35. The summed E-state index contributed by atoms with van der Waals surface area (Å²) >= 11 is 1.94. The van der Waals surface area contributed by atoms with Crippen molar-refractivity contribution in [1.29, 1.82) is 0 Å². The van der Waals surface area contributed by atoms with Gasteiger partial charge >= 0.3 is 0 Å². The predicted molar refractivity (Wildman–Crippen MR) is 86.8 cm³/mol. The number of thioether (sulfide) groups is 1. The molecule has 1 N–H and O–H groups in total. The number of rotatable bonds is 5. The van der Waals surface area contributed by atoms with Gasteiger partial charge in [0.1, 0.15) is 0 Å². The maximum atomic E-state index is 12.9. The maximum absolute atomic E-state index is 12.9. The Morgan fingerprint density at radius 2 is 2.00 bits per heavy atom. The van der Waals surface area contributed by atoms with E-state index in [1.165, 1.54) is 19.3 Å². The Labute approximate surface area is 128 Å². The van der Waals surface area contributed by atoms with Crippen LogP contribution in [0, 0.1) is 11.8 Å². The highest BCUT2D eigenvalue weighted by Gasteiger charge is 2.46. The van der Waals surface area contributed by atoms with Crippen molar-refractivity contribution < 1.29 is 4.79 Å². The van der Waals surface area contributed by atoms with Gasteiger partial charge in [-0.15, -0.1) is 0 Å². The molecule has 2 rings (SSSR count). The van der Waals surface area contributed by atoms with E-state index in [4.69, 9.17) is 0 Å². The van der Waals surface area contributed by atoms with E-state index in [0.717, 1.165) is 6.42 Å². The Morgan fingerprint density at radius 1 is 1.30 bits per heavy atom. The Bertz CT molecular complexity index is 345. The largest absolute Gasteiger partial charge is 0.321 e. The zero-order chi connectivity index (χ0) is 14.9. The van der Waals surface area contributed by atoms with Crippen molar-refractivity contribution in [3.8, 4) is 0 Å². The number of nitrogens with one attached hydrogen (secondary N) is 1. The van der Waals surface area contributed by atoms with Crippen LogP contribution in [0.3, 0.4) is 0 Å². The molecule has 0 aromatic rings. The summed E-state index contributed by atoms with van der Waals surface area (Å²) < 4.78 is 0. The van der Waals surface area contributed by atoms with Crippen molar-refractivity contribution in [2.75, 3.05) is 6.26 Å². The van der Waals surface area contributed by atoms with Crippen LogP contribution in [-0.4, -0.2) is 40.6 Å². The lowest BCUT2D eigenvalue weighted by Crippen LogP contribution is -2.49. The van der Waals surface area contributed by atoms with Gasteiger partial charge in [0, 0.05) is 11.3 Å². The fourth-order valence-corrected chi connectivity index (χ4v) is 4.68. The summed E-state index contributed by atoms with van der Waals surface area (Å²) in [6, 6.07) is 0.472. The van der Waals surface area contributed by atoms with Gasteiger partial charge in [-0.05, 0) is 37.4 Å². The van der Waals surface area contributed by atoms with E-state index in [0.29, 0.717) is 29.0 Å². The molecule has 3 nitrogen and oxygen atoms in total. The third-order valence-electron chi connectivity index (χ3n) is 4.64. The quantitative estimate of drug-likeness (QED) is 0.846. The molecular weight excluding hydrogens is 268 g/mol. The van der Waals surface area contributed by atoms with Crippen molar-refractivity contribution in [3.63, 3.8) is 0 Å². The second-order valence-corrected chi connectivity index (χ2v) is 8.13. The van der Waals surface area contributed by atoms with E-state index in [1.54, 1.807) is 0 Å². The number of hydrogen-bond donors (Lipinski definition) is 1. The van der Waals surface area contributed by atoms with Crippen LogP contribution in [0.2, 0.25) is 0 Å². The Morgan fingerprint density at radius 3 is 2.55 bits per heavy atom. The van der Waals surface area contributed by atoms with Crippen molar-refractivity contribution >= 4 is 17.7 Å². The Kier molecular flexibility index (Phi) is 5.41. The minimum Gasteiger partial charge on any atom is -0.321 e. The van der Waals surface area contributed by atoms with Gasteiger partial charge in [0.15, 0.2) is 0 Å². The van der Waals surface area contributed by atoms with Crippen LogP contribution in [0.1, 0.15) is 53.4 Å². The van der Waals surface area contributed by atoms with Crippen LogP contribution in [0.15, 0.2) is 0 Å². The van der Waals surface area contributed by atoms with Crippen LogP contribution in [-0.2, 0) is 4.79 Å². The van der Waals surface area contributed by atoms with Gasteiger partial charge in [0.2, 0.25) is 5.91 Å². The van der Waals surface area contributed by atoms with Crippen molar-refractivity contribution in [1.82, 2.24) is 10.2 Å². The zero-order valence-electron chi connectivity index (χ0n) is 13.6. The van der Waals surface area contributed by atoms with Crippen LogP contribution < -0.4 is 5.32 Å². The predicted octanol–water partition coefficient (Wildman–Crippen LogP) is 3.10. The number of amides is 1. The number of carbonyl (C=O) groups excluding carboxylic acids is 1. The van der Waals surface area contributed by atoms with Gasteiger partial charge in [-0.2, -0.15) is 11.8 Å². The van der Waals surface area contributed by atoms with E-state index in [-0.39, 0.29) is 12.2 Å². The molecule has 4 heteroatoms. The molecule has 1 aliphatic carbocycles. The summed E-state index contributed by atoms with van der Waals surface area (Å²) in [6.07, 6.45) is 7.07. The molecular formula is C16H30N2OS. The van der Waals surface area contributed by atoms with Gasteiger partial charge in [-0.25, -0.2) is 0 Å². The topological polar surface area (TPSA) is 32.3 Å². The Balaban J connectivity index is 2.17. The highest BCUT2D eigenvalue weighted by atomic mass is 32.2. The lowest BCUT2D eigenvalue weighted by atomic mass is 10.0. The summed E-state index contributed by atoms with van der Waals surface area (Å²) in [5.41, 5.74) is 0. The third kappa shape index (κ3) is 3.16. The first-order chi connectivity index (χ1) is 9.45. The fourth-order valence-electron chi connectivity index (χ4n) is 3.70. The van der Waals surface area contributed by atoms with E-state index in [2.05, 4.69) is 44.2 Å². The highest BCUT2D eigenvalue weighted by Crippen LogP contribution is 2.36. The fraction of sp³-hybridized carbons (Fsp3) is 0.938. The molecule has 2 aliphatic rings. The van der Waals surface area contributed by atoms with Gasteiger partial charge in [-0.3, -0.25) is 10.1 Å². The van der Waals surface area contributed by atoms with Gasteiger partial charge in [0.05, 0.1) is 12.2 Å². The molecule has 4 atom stereocenters. The minimum atomic E-state index is 0.0329. The smallest absolute Gasteiger partial charge is 0.241 e. The monoisotopic (exact) mass is 298 g/mol. The van der Waals surface area contributed by atoms with Crippen LogP contribution >= 0.6 is 11.8 Å². The van der Waals surface area contributed by atoms with E-state index >= 15 is 0 Å². The van der Waals surface area contributed by atoms with Crippen molar-refractivity contribution in [2.24, 2.45) is 11.8 Å². The molecule has 116 valence electrons. The number of carbonyl (C=O) groups is 1. The van der Waals surface area contributed by atoms with E-state index in [1.807, 2.05) is 11.8 Å². The molecule has 1 saturated carbocycles. The second kappa shape index (κ2) is 6.69. The average Bonchev–Trinajstić information content (AvgIpc) is 2.94. The highest BCUT2D eigenvalue weighted by molar-refractivity contribution is 7.99. The molecule has 4 unspecified atom stereocenters. The molecule has 1 amide bonds. The van der Waals surface area contributed by atoms with Crippen molar-refractivity contribution in [3.05, 3.63) is 0 Å². The molecule has 2 fully saturated rings. The van der Waals surface area contributed by atoms with Crippen LogP contribution in [0.25, 0.3) is 0 Å². The average molecular weight is 298 g/mol. The molecule has 0 radical (unpaired) electrons. The molecule has 0 aromatic heterocycles. The number of nitrogens with zero attached hydrogens (tertiary/aromatic N) is 1. The summed E-state index contributed by atoms with van der Waals surface area (Å²) in [6.45, 7) is 8.84. The molecule has 0 aromatic carbocycles. The van der Waals surface area contributed by atoms with Gasteiger partial charge in [-0.1, -0.05) is 34.1 Å². The maximum Gasteiger partial charge on any atom is 0.241 e. The molecule has 0 bridgehead atoms. The Hall–Kier alpha value is -0.220. The standard InChI is InChI=1S/C16H30N2OS/c1-10(2)9-12-16(19)18(15(17-12)11(3)4)13-7-6-8-14(13)20-5/h10-15,17H,6-9H2,1-5H3. The minimum absolute atomic E-state index is 0.0329. The lowest BCUT2D eigenvalue weighted by molar-refractivity contribution is -0.132. The van der Waals surface area contributed by atoms with Crippen LogP contribution in [0.5, 0.6) is 0 Å². The first-order valence-electron chi connectivity index (χ1n) is 8.06. The summed E-state index contributed by atoms with van der Waals surface area (Å²) in [5, 5.41) is 4.24. The summed E-state index contributed by atoms with van der Waals surface area (Å²) in [7, 11) is 0. The van der Waals surface area contributed by atoms with E-state index < -0.39 is 0 Å². The molecule has 20 heavy (non-hydrogen) atoms. The van der Waals surface area contributed by atoms with E-state index in [9.17, 15) is 4.79 Å². The molecule has 1 heterocycles. The summed E-state index contributed by atoms with van der Waals surface area (Å²) in [4.78, 5) is 15.1. The first kappa shape index (κ1) is 16.2. The first-order valence-corrected chi connectivity index (χ1v) is 9.35. The normalized spacial score (nSPS) is 34.8. The summed E-state index contributed by atoms with van der Waals surface area (Å²) in [5.74, 6) is 1.38. The zero-order valence-corrected chi connectivity index (χ0v) is 14.4. The third-order valence-corrected chi connectivity index (χ3v) is 5.80. The van der Waals surface area contributed by atoms with Gasteiger partial charge in [0.25, 0.3) is 0 Å².